The molecule has 120 valence electrons. The predicted molar refractivity (Wildman–Crippen MR) is 86.5 cm³/mol. The van der Waals surface area contributed by atoms with Crippen LogP contribution in [0.2, 0.25) is 0 Å². The van der Waals surface area contributed by atoms with Gasteiger partial charge >= 0.3 is 0 Å². The fraction of sp³-hybridized carbons (Fsp3) is 0.200. The van der Waals surface area contributed by atoms with Crippen LogP contribution in [0.3, 0.4) is 0 Å². The van der Waals surface area contributed by atoms with Gasteiger partial charge in [0.1, 0.15) is 4.90 Å². The first-order valence-electron chi connectivity index (χ1n) is 7.18. The van der Waals surface area contributed by atoms with Crippen LogP contribution in [0, 0.1) is 0 Å². The highest BCUT2D eigenvalue weighted by Crippen LogP contribution is 2.15. The van der Waals surface area contributed by atoms with E-state index in [1.54, 1.807) is 15.6 Å². The fourth-order valence-electron chi connectivity index (χ4n) is 2.14. The van der Waals surface area contributed by atoms with Crippen LogP contribution in [-0.2, 0) is 23.1 Å². The first-order chi connectivity index (χ1) is 11.1. The monoisotopic (exact) mass is 331 g/mol. The lowest BCUT2D eigenvalue weighted by Crippen LogP contribution is -2.12. The average Bonchev–Trinajstić information content (AvgIpc) is 3.17. The molecule has 0 amide bonds. The van der Waals surface area contributed by atoms with Gasteiger partial charge < -0.3 is 0 Å². The highest BCUT2D eigenvalue weighted by atomic mass is 32.2. The van der Waals surface area contributed by atoms with Crippen molar-refractivity contribution < 1.29 is 8.42 Å². The summed E-state index contributed by atoms with van der Waals surface area (Å²) in [5.41, 5.74) is 1.51. The maximum absolute atomic E-state index is 12.3. The maximum Gasteiger partial charge on any atom is 0.265 e. The number of rotatable bonds is 6. The van der Waals surface area contributed by atoms with E-state index >= 15 is 0 Å². The predicted octanol–water partition coefficient (Wildman–Crippen LogP) is 1.95. The SMILES string of the molecule is CCn1cc(S(=O)(=O)Nc2cnn(Cc3ccccc3)c2)cn1. The molecule has 0 aliphatic carbocycles. The first-order valence-corrected chi connectivity index (χ1v) is 8.67. The second-order valence-corrected chi connectivity index (χ2v) is 6.73. The Labute approximate surface area is 134 Å². The van der Waals surface area contributed by atoms with E-state index in [1.807, 2.05) is 37.3 Å². The number of hydrogen-bond donors (Lipinski definition) is 1. The van der Waals surface area contributed by atoms with Crippen molar-refractivity contribution >= 4 is 15.7 Å². The van der Waals surface area contributed by atoms with Gasteiger partial charge in [-0.2, -0.15) is 10.2 Å². The molecule has 1 aromatic carbocycles. The summed E-state index contributed by atoms with van der Waals surface area (Å²) in [6.45, 7) is 3.09. The van der Waals surface area contributed by atoms with E-state index in [9.17, 15) is 8.42 Å². The van der Waals surface area contributed by atoms with Crippen molar-refractivity contribution in [1.82, 2.24) is 19.6 Å². The van der Waals surface area contributed by atoms with Gasteiger partial charge in [0, 0.05) is 18.9 Å². The molecule has 8 heteroatoms. The van der Waals surface area contributed by atoms with Crippen molar-refractivity contribution in [2.24, 2.45) is 0 Å². The molecule has 0 fully saturated rings. The van der Waals surface area contributed by atoms with Gasteiger partial charge in [0.15, 0.2) is 0 Å². The second-order valence-electron chi connectivity index (χ2n) is 5.05. The van der Waals surface area contributed by atoms with E-state index in [0.29, 0.717) is 18.8 Å². The van der Waals surface area contributed by atoms with E-state index in [1.165, 1.54) is 18.6 Å². The Balaban J connectivity index is 1.73. The summed E-state index contributed by atoms with van der Waals surface area (Å²) >= 11 is 0. The van der Waals surface area contributed by atoms with Gasteiger partial charge in [-0.05, 0) is 12.5 Å². The largest absolute Gasteiger partial charge is 0.276 e. The molecule has 2 heterocycles. The summed E-state index contributed by atoms with van der Waals surface area (Å²) in [6, 6.07) is 9.83. The zero-order valence-electron chi connectivity index (χ0n) is 12.6. The number of anilines is 1. The van der Waals surface area contributed by atoms with Crippen LogP contribution in [-0.4, -0.2) is 28.0 Å². The summed E-state index contributed by atoms with van der Waals surface area (Å²) in [7, 11) is -3.65. The molecule has 0 atom stereocenters. The molecule has 23 heavy (non-hydrogen) atoms. The van der Waals surface area contributed by atoms with Crippen LogP contribution in [0.25, 0.3) is 0 Å². The standard InChI is InChI=1S/C15H17N5O2S/c1-2-19-12-15(9-17-19)23(21,22)18-14-8-16-20(11-14)10-13-6-4-3-5-7-13/h3-9,11-12,18H,2,10H2,1H3. The summed E-state index contributed by atoms with van der Waals surface area (Å²) in [5, 5.41) is 8.16. The number of hydrogen-bond acceptors (Lipinski definition) is 4. The van der Waals surface area contributed by atoms with Crippen LogP contribution in [0.15, 0.2) is 60.0 Å². The molecule has 0 aliphatic rings. The minimum atomic E-state index is -3.65. The lowest BCUT2D eigenvalue weighted by Gasteiger charge is -2.03. The molecular weight excluding hydrogens is 314 g/mol. The van der Waals surface area contributed by atoms with Crippen molar-refractivity contribution in [3.05, 3.63) is 60.7 Å². The number of aryl methyl sites for hydroxylation is 1. The van der Waals surface area contributed by atoms with Gasteiger partial charge in [0.05, 0.1) is 24.6 Å². The van der Waals surface area contributed by atoms with Gasteiger partial charge in [0.25, 0.3) is 10.0 Å². The molecule has 0 unspecified atom stereocenters. The zero-order chi connectivity index (χ0) is 16.3. The number of aromatic nitrogens is 4. The van der Waals surface area contributed by atoms with Gasteiger partial charge in [-0.25, -0.2) is 8.42 Å². The number of nitrogens with zero attached hydrogens (tertiary/aromatic N) is 4. The highest BCUT2D eigenvalue weighted by Gasteiger charge is 2.17. The van der Waals surface area contributed by atoms with Crippen LogP contribution in [0.5, 0.6) is 0 Å². The Hall–Kier alpha value is -2.61. The Morgan fingerprint density at radius 3 is 2.48 bits per heavy atom. The fourth-order valence-corrected chi connectivity index (χ4v) is 3.12. The lowest BCUT2D eigenvalue weighted by atomic mass is 10.2. The van der Waals surface area contributed by atoms with Crippen LogP contribution in [0.1, 0.15) is 12.5 Å². The van der Waals surface area contributed by atoms with Crippen molar-refractivity contribution in [3.63, 3.8) is 0 Å². The van der Waals surface area contributed by atoms with Crippen LogP contribution < -0.4 is 4.72 Å². The molecule has 0 spiro atoms. The van der Waals surface area contributed by atoms with E-state index in [2.05, 4.69) is 14.9 Å². The molecule has 0 saturated heterocycles. The summed E-state index contributed by atoms with van der Waals surface area (Å²) in [4.78, 5) is 0.134. The summed E-state index contributed by atoms with van der Waals surface area (Å²) in [6.07, 6.45) is 5.98. The number of sulfonamides is 1. The van der Waals surface area contributed by atoms with Crippen LogP contribution in [0.4, 0.5) is 5.69 Å². The average molecular weight is 331 g/mol. The summed E-state index contributed by atoms with van der Waals surface area (Å²) in [5.74, 6) is 0. The van der Waals surface area contributed by atoms with E-state index in [0.717, 1.165) is 5.56 Å². The normalized spacial score (nSPS) is 11.5. The smallest absolute Gasteiger partial charge is 0.265 e. The van der Waals surface area contributed by atoms with Gasteiger partial charge in [-0.3, -0.25) is 14.1 Å². The Morgan fingerprint density at radius 1 is 1.04 bits per heavy atom. The zero-order valence-corrected chi connectivity index (χ0v) is 13.4. The number of nitrogens with one attached hydrogen (secondary N) is 1. The molecular formula is C15H17N5O2S. The Bertz CT molecular complexity index is 884. The molecule has 1 N–H and O–H groups in total. The summed E-state index contributed by atoms with van der Waals surface area (Å²) < 4.78 is 30.4. The third-order valence-corrected chi connectivity index (χ3v) is 4.65. The molecule has 0 aliphatic heterocycles. The minimum absolute atomic E-state index is 0.134. The molecule has 0 saturated carbocycles. The van der Waals surface area contributed by atoms with Crippen molar-refractivity contribution in [3.8, 4) is 0 Å². The molecule has 3 aromatic rings. The molecule has 0 radical (unpaired) electrons. The minimum Gasteiger partial charge on any atom is -0.276 e. The van der Waals surface area contributed by atoms with Gasteiger partial charge in [0.2, 0.25) is 0 Å². The van der Waals surface area contributed by atoms with Crippen molar-refractivity contribution in [1.29, 1.82) is 0 Å². The van der Waals surface area contributed by atoms with E-state index < -0.39 is 10.0 Å². The lowest BCUT2D eigenvalue weighted by molar-refractivity contribution is 0.600. The molecule has 3 rings (SSSR count). The maximum atomic E-state index is 12.3. The topological polar surface area (TPSA) is 81.8 Å². The third kappa shape index (κ3) is 3.59. The van der Waals surface area contributed by atoms with Crippen molar-refractivity contribution in [2.75, 3.05) is 4.72 Å². The van der Waals surface area contributed by atoms with E-state index in [4.69, 9.17) is 0 Å². The van der Waals surface area contributed by atoms with E-state index in [-0.39, 0.29) is 4.90 Å². The van der Waals surface area contributed by atoms with Gasteiger partial charge in [-0.1, -0.05) is 30.3 Å². The Kier molecular flexibility index (Phi) is 4.16. The van der Waals surface area contributed by atoms with Crippen molar-refractivity contribution in [2.45, 2.75) is 24.9 Å². The molecule has 0 bridgehead atoms. The molecule has 7 nitrogen and oxygen atoms in total. The second kappa shape index (κ2) is 6.25. The quantitative estimate of drug-likeness (QED) is 0.748. The first kappa shape index (κ1) is 15.3. The highest BCUT2D eigenvalue weighted by molar-refractivity contribution is 7.92. The third-order valence-electron chi connectivity index (χ3n) is 3.32. The number of benzene rings is 1. The van der Waals surface area contributed by atoms with Gasteiger partial charge in [-0.15, -0.1) is 0 Å². The Morgan fingerprint density at radius 2 is 1.78 bits per heavy atom. The van der Waals surface area contributed by atoms with Crippen LogP contribution >= 0.6 is 0 Å². The molecule has 2 aromatic heterocycles.